The summed E-state index contributed by atoms with van der Waals surface area (Å²) >= 11 is 0. The summed E-state index contributed by atoms with van der Waals surface area (Å²) in [4.78, 5) is 42.6. The minimum absolute atomic E-state index is 0.0306. The van der Waals surface area contributed by atoms with Crippen LogP contribution in [0.5, 0.6) is 5.75 Å². The average Bonchev–Trinajstić information content (AvgIpc) is 3.35. The van der Waals surface area contributed by atoms with Gasteiger partial charge in [-0.05, 0) is 50.6 Å². The number of aliphatic hydroxyl groups excluding tert-OH is 2. The number of carbonyl (C=O) groups excluding carboxylic acids is 3. The molecule has 6 N–H and O–H groups in total. The van der Waals surface area contributed by atoms with Gasteiger partial charge >= 0.3 is 0 Å². The smallest absolute Gasteiger partial charge is 0.255 e. The van der Waals surface area contributed by atoms with Crippen LogP contribution in [0.4, 0.5) is 5.69 Å². The highest BCUT2D eigenvalue weighted by atomic mass is 16.3. The molecule has 1 heterocycles. The predicted octanol–water partition coefficient (Wildman–Crippen LogP) is 1.29. The maximum atomic E-state index is 14.0. The van der Waals surface area contributed by atoms with Crippen molar-refractivity contribution in [2.24, 2.45) is 17.6 Å². The van der Waals surface area contributed by atoms with Gasteiger partial charge in [0.05, 0.1) is 24.1 Å². The van der Waals surface area contributed by atoms with E-state index < -0.39 is 58.0 Å². The van der Waals surface area contributed by atoms with Crippen molar-refractivity contribution in [3.05, 3.63) is 52.7 Å². The van der Waals surface area contributed by atoms with Gasteiger partial charge in [0, 0.05) is 42.4 Å². The molecule has 11 heteroatoms. The first-order valence-corrected chi connectivity index (χ1v) is 12.1. The van der Waals surface area contributed by atoms with Crippen molar-refractivity contribution in [3.63, 3.8) is 0 Å². The second-order valence-electron chi connectivity index (χ2n) is 10.5. The molecule has 1 aromatic carbocycles. The number of amides is 1. The molecule has 2 aromatic rings. The van der Waals surface area contributed by atoms with Crippen LogP contribution in [-0.4, -0.2) is 82.6 Å². The van der Waals surface area contributed by atoms with Crippen molar-refractivity contribution in [3.8, 4) is 16.9 Å². The quantitative estimate of drug-likeness (QED) is 0.367. The molecule has 1 fully saturated rings. The molecule has 5 rings (SSSR count). The summed E-state index contributed by atoms with van der Waals surface area (Å²) < 4.78 is 5.16. The van der Waals surface area contributed by atoms with Gasteiger partial charge in [0.2, 0.25) is 5.78 Å². The summed E-state index contributed by atoms with van der Waals surface area (Å²) in [5.41, 5.74) is 3.88. The number of phenolic OH excluding ortho intramolecular Hbond substituents is 1. The lowest BCUT2D eigenvalue weighted by molar-refractivity contribution is -0.153. The molecule has 1 aromatic heterocycles. The second-order valence-corrected chi connectivity index (χ2v) is 10.5. The highest BCUT2D eigenvalue weighted by molar-refractivity contribution is 6.24. The van der Waals surface area contributed by atoms with Crippen LogP contribution in [0.3, 0.4) is 0 Å². The Kier molecular flexibility index (Phi) is 5.69. The number of Topliss-reactive ketones (excluding diaryl/α,β-unsaturated/α-hetero) is 2. The predicted molar refractivity (Wildman–Crippen MR) is 136 cm³/mol. The molecule has 4 atom stereocenters. The van der Waals surface area contributed by atoms with Crippen LogP contribution >= 0.6 is 0 Å². The highest BCUT2D eigenvalue weighted by Crippen LogP contribution is 2.54. The first kappa shape index (κ1) is 25.6. The third-order valence-electron chi connectivity index (χ3n) is 8.01. The Morgan fingerprint density at radius 3 is 2.39 bits per heavy atom. The lowest BCUT2D eigenvalue weighted by Gasteiger charge is -2.50. The van der Waals surface area contributed by atoms with Gasteiger partial charge in [-0.3, -0.25) is 19.3 Å². The third kappa shape index (κ3) is 3.25. The molecular weight excluding hydrogens is 494 g/mol. The minimum atomic E-state index is -2.67. The summed E-state index contributed by atoms with van der Waals surface area (Å²) in [6.45, 7) is 0. The molecule has 1 amide bonds. The van der Waals surface area contributed by atoms with Crippen molar-refractivity contribution >= 4 is 28.9 Å². The monoisotopic (exact) mass is 523 g/mol. The zero-order chi connectivity index (χ0) is 27.8. The summed E-state index contributed by atoms with van der Waals surface area (Å²) in [7, 11) is 6.74. The van der Waals surface area contributed by atoms with E-state index in [-0.39, 0.29) is 29.7 Å². The molecule has 0 radical (unpaired) electrons. The Bertz CT molecular complexity index is 1450. The minimum Gasteiger partial charge on any atom is -0.508 e. The summed E-state index contributed by atoms with van der Waals surface area (Å²) in [5, 5.41) is 45.5. The Labute approximate surface area is 218 Å². The number of nitrogens with two attached hydrogens (primary N) is 1. The zero-order valence-corrected chi connectivity index (χ0v) is 21.3. The lowest BCUT2D eigenvalue weighted by atomic mass is 9.57. The van der Waals surface area contributed by atoms with Crippen molar-refractivity contribution in [2.75, 3.05) is 33.1 Å². The molecule has 3 aliphatic rings. The molecule has 200 valence electrons. The maximum absolute atomic E-state index is 14.0. The fourth-order valence-corrected chi connectivity index (χ4v) is 6.33. The van der Waals surface area contributed by atoms with Gasteiger partial charge < -0.3 is 35.5 Å². The van der Waals surface area contributed by atoms with Crippen molar-refractivity contribution in [2.45, 2.75) is 24.5 Å². The van der Waals surface area contributed by atoms with Crippen LogP contribution in [0.25, 0.3) is 16.9 Å². The number of rotatable bonds is 4. The highest BCUT2D eigenvalue weighted by Gasteiger charge is 2.64. The number of nitrogens with zero attached hydrogens (tertiary/aromatic N) is 2. The van der Waals surface area contributed by atoms with Crippen LogP contribution in [0.2, 0.25) is 0 Å². The SMILES string of the molecule is CN(C)c1cc(-c2ccoc2)c(O)c2c1C[C@@H]1C[C@@H]3[C@@H](N(C)C)C(=O)C(C(N)=O)=C(O)[C@@]3(O)C(=O)C1=C2O. The average molecular weight is 524 g/mol. The molecular formula is C27H29N3O8. The van der Waals surface area contributed by atoms with Gasteiger partial charge in [0.1, 0.15) is 22.8 Å². The number of anilines is 1. The molecule has 0 saturated heterocycles. The Hall–Kier alpha value is -4.09. The van der Waals surface area contributed by atoms with E-state index >= 15 is 0 Å². The maximum Gasteiger partial charge on any atom is 0.255 e. The third-order valence-corrected chi connectivity index (χ3v) is 8.01. The number of aliphatic hydroxyl groups is 3. The molecule has 3 aliphatic carbocycles. The first-order valence-electron chi connectivity index (χ1n) is 12.1. The van der Waals surface area contributed by atoms with E-state index in [1.54, 1.807) is 26.2 Å². The zero-order valence-electron chi connectivity index (χ0n) is 21.3. The first-order chi connectivity index (χ1) is 17.8. The molecule has 38 heavy (non-hydrogen) atoms. The van der Waals surface area contributed by atoms with Crippen molar-refractivity contribution in [1.29, 1.82) is 0 Å². The van der Waals surface area contributed by atoms with Gasteiger partial charge in [-0.15, -0.1) is 0 Å². The Balaban J connectivity index is 1.78. The number of hydrogen-bond acceptors (Lipinski definition) is 10. The topological polar surface area (TPSA) is 178 Å². The number of ketones is 2. The van der Waals surface area contributed by atoms with Crippen LogP contribution in [0.1, 0.15) is 17.5 Å². The molecule has 0 spiro atoms. The van der Waals surface area contributed by atoms with E-state index in [2.05, 4.69) is 0 Å². The number of primary amides is 1. The van der Waals surface area contributed by atoms with E-state index in [9.17, 15) is 34.8 Å². The fourth-order valence-electron chi connectivity index (χ4n) is 6.33. The molecule has 11 nitrogen and oxygen atoms in total. The number of fused-ring (bicyclic) bond motifs is 3. The molecule has 1 saturated carbocycles. The van der Waals surface area contributed by atoms with Gasteiger partial charge in [0.25, 0.3) is 5.91 Å². The molecule has 0 aliphatic heterocycles. The number of phenols is 1. The number of furan rings is 1. The van der Waals surface area contributed by atoms with Crippen LogP contribution in [-0.2, 0) is 20.8 Å². The van der Waals surface area contributed by atoms with E-state index in [4.69, 9.17) is 10.2 Å². The largest absolute Gasteiger partial charge is 0.508 e. The normalized spacial score (nSPS) is 26.8. The van der Waals surface area contributed by atoms with E-state index in [0.29, 0.717) is 22.4 Å². The Morgan fingerprint density at radius 1 is 1.16 bits per heavy atom. The number of benzene rings is 1. The van der Waals surface area contributed by atoms with Gasteiger partial charge in [-0.1, -0.05) is 0 Å². The van der Waals surface area contributed by atoms with Crippen LogP contribution < -0.4 is 10.6 Å². The summed E-state index contributed by atoms with van der Waals surface area (Å²) in [6.07, 6.45) is 3.11. The lowest BCUT2D eigenvalue weighted by Crippen LogP contribution is -2.65. The van der Waals surface area contributed by atoms with E-state index in [0.717, 1.165) is 0 Å². The van der Waals surface area contributed by atoms with Gasteiger partial charge in [0.15, 0.2) is 11.4 Å². The van der Waals surface area contributed by atoms with E-state index in [1.165, 1.54) is 17.4 Å². The molecule has 0 unspecified atom stereocenters. The van der Waals surface area contributed by atoms with Crippen LogP contribution in [0.15, 0.2) is 46.0 Å². The van der Waals surface area contributed by atoms with Crippen LogP contribution in [0, 0.1) is 11.8 Å². The number of likely N-dealkylation sites (N-methyl/N-ethyl adjacent to an activating group) is 1. The van der Waals surface area contributed by atoms with Crippen molar-refractivity contribution < 1.29 is 39.2 Å². The Morgan fingerprint density at radius 2 is 1.84 bits per heavy atom. The number of hydrogen-bond donors (Lipinski definition) is 5. The molecule has 0 bridgehead atoms. The summed E-state index contributed by atoms with van der Waals surface area (Å²) in [5.74, 6) is -6.79. The standard InChI is InChI=1S/C27H29N3O8/c1-29(2)16-9-13(11-5-6-38-10-11)21(31)18-14(16)7-12-8-15-20(30(3)4)23(33)19(26(28)36)25(35)27(15,37)24(34)17(12)22(18)32/h5-6,9-10,12,15,20,31-32,35,37H,7-8H2,1-4H3,(H2,28,36)/t12-,15-,20-,27+/m1/s1. The van der Waals surface area contributed by atoms with Crippen molar-refractivity contribution in [1.82, 2.24) is 4.90 Å². The second kappa shape index (κ2) is 8.47. The van der Waals surface area contributed by atoms with E-state index in [1.807, 2.05) is 19.0 Å². The van der Waals surface area contributed by atoms with Gasteiger partial charge in [-0.25, -0.2) is 0 Å². The number of carbonyl (C=O) groups is 3. The summed E-state index contributed by atoms with van der Waals surface area (Å²) in [6, 6.07) is 2.28. The number of aromatic hydroxyl groups is 1. The van der Waals surface area contributed by atoms with Gasteiger partial charge in [-0.2, -0.15) is 0 Å². The fraction of sp³-hybridized carbons (Fsp3) is 0.370.